The van der Waals surface area contributed by atoms with E-state index in [0.29, 0.717) is 42.7 Å². The lowest BCUT2D eigenvalue weighted by Crippen LogP contribution is -2.50. The highest BCUT2D eigenvalue weighted by molar-refractivity contribution is 6.30. The first-order valence-corrected chi connectivity index (χ1v) is 11.7. The number of hydrogen-bond acceptors (Lipinski definition) is 4. The Bertz CT molecular complexity index is 1140. The summed E-state index contributed by atoms with van der Waals surface area (Å²) in [6, 6.07) is 7.71. The Morgan fingerprint density at radius 1 is 1.12 bits per heavy atom. The molecule has 0 bridgehead atoms. The zero-order valence-corrected chi connectivity index (χ0v) is 19.4. The van der Waals surface area contributed by atoms with Crippen molar-refractivity contribution in [1.82, 2.24) is 15.1 Å². The number of carbonyl (C=O) groups is 2. The Morgan fingerprint density at radius 2 is 1.94 bits per heavy atom. The molecule has 0 saturated carbocycles. The Balaban J connectivity index is 1.26. The SMILES string of the molecule is CC1C=CC=C(N2CCN(C(=O)c3cccc(N4CC5=C(CC(Cl)=CC=C5)C4=O)c3)CC2)N1. The van der Waals surface area contributed by atoms with E-state index < -0.39 is 0 Å². The molecule has 2 amide bonds. The molecule has 1 saturated heterocycles. The Hall–Kier alpha value is -3.25. The van der Waals surface area contributed by atoms with E-state index in [2.05, 4.69) is 35.4 Å². The van der Waals surface area contributed by atoms with Crippen molar-refractivity contribution in [3.05, 3.63) is 88.3 Å². The van der Waals surface area contributed by atoms with Gasteiger partial charge in [-0.2, -0.15) is 0 Å². The fourth-order valence-electron chi connectivity index (χ4n) is 4.66. The van der Waals surface area contributed by atoms with Crippen molar-refractivity contribution < 1.29 is 9.59 Å². The summed E-state index contributed by atoms with van der Waals surface area (Å²) in [4.78, 5) is 32.2. The monoisotopic (exact) mass is 462 g/mol. The molecule has 1 atom stereocenters. The number of rotatable bonds is 3. The van der Waals surface area contributed by atoms with Gasteiger partial charge >= 0.3 is 0 Å². The molecule has 3 aliphatic heterocycles. The van der Waals surface area contributed by atoms with Gasteiger partial charge in [0.25, 0.3) is 11.8 Å². The number of benzene rings is 1. The van der Waals surface area contributed by atoms with Gasteiger partial charge in [0, 0.05) is 60.5 Å². The van der Waals surface area contributed by atoms with Crippen molar-refractivity contribution in [2.24, 2.45) is 0 Å². The predicted octanol–water partition coefficient (Wildman–Crippen LogP) is 3.56. The molecule has 1 N–H and O–H groups in total. The third kappa shape index (κ3) is 4.35. The fraction of sp³-hybridized carbons (Fsp3) is 0.308. The highest BCUT2D eigenvalue weighted by Gasteiger charge is 2.32. The van der Waals surface area contributed by atoms with E-state index in [1.807, 2.05) is 47.4 Å². The van der Waals surface area contributed by atoms with Crippen LogP contribution in [0.4, 0.5) is 5.69 Å². The quantitative estimate of drug-likeness (QED) is 0.746. The molecule has 1 unspecified atom stereocenters. The van der Waals surface area contributed by atoms with Crippen LogP contribution in [0.2, 0.25) is 0 Å². The summed E-state index contributed by atoms with van der Waals surface area (Å²) in [5.74, 6) is 1.07. The molecule has 7 heteroatoms. The average molecular weight is 463 g/mol. The third-order valence-electron chi connectivity index (χ3n) is 6.48. The van der Waals surface area contributed by atoms with Crippen LogP contribution in [-0.2, 0) is 4.79 Å². The lowest BCUT2D eigenvalue weighted by atomic mass is 10.1. The summed E-state index contributed by atoms with van der Waals surface area (Å²) in [5.41, 5.74) is 3.06. The first-order valence-electron chi connectivity index (χ1n) is 11.4. The smallest absolute Gasteiger partial charge is 0.255 e. The minimum Gasteiger partial charge on any atom is -0.366 e. The highest BCUT2D eigenvalue weighted by atomic mass is 35.5. The molecule has 5 rings (SSSR count). The van der Waals surface area contributed by atoms with Crippen LogP contribution in [0, 0.1) is 0 Å². The average Bonchev–Trinajstić information content (AvgIpc) is 3.01. The van der Waals surface area contributed by atoms with E-state index in [4.69, 9.17) is 11.6 Å². The predicted molar refractivity (Wildman–Crippen MR) is 131 cm³/mol. The van der Waals surface area contributed by atoms with Gasteiger partial charge in [0.15, 0.2) is 0 Å². The second kappa shape index (κ2) is 8.94. The molecule has 1 fully saturated rings. The zero-order chi connectivity index (χ0) is 22.9. The van der Waals surface area contributed by atoms with E-state index in [0.717, 1.165) is 35.7 Å². The largest absolute Gasteiger partial charge is 0.366 e. The van der Waals surface area contributed by atoms with E-state index >= 15 is 0 Å². The maximum absolute atomic E-state index is 13.2. The zero-order valence-electron chi connectivity index (χ0n) is 18.6. The fourth-order valence-corrected chi connectivity index (χ4v) is 4.87. The topological polar surface area (TPSA) is 55.9 Å². The number of hydrogen-bond donors (Lipinski definition) is 1. The number of anilines is 1. The standard InChI is InChI=1S/C26H27ClN4O2/c1-18-5-2-10-24(28-18)29-11-13-30(14-12-29)25(32)19-6-4-9-22(15-19)31-17-20-7-3-8-21(27)16-23(20)26(31)33/h2-10,15,18,28H,11-14,16-17H2,1H3. The van der Waals surface area contributed by atoms with E-state index in [1.165, 1.54) is 0 Å². The molecule has 0 radical (unpaired) electrons. The molecule has 6 nitrogen and oxygen atoms in total. The summed E-state index contributed by atoms with van der Waals surface area (Å²) < 4.78 is 0. The number of nitrogens with one attached hydrogen (secondary N) is 1. The van der Waals surface area contributed by atoms with Gasteiger partial charge in [0.2, 0.25) is 0 Å². The summed E-state index contributed by atoms with van der Waals surface area (Å²) in [5, 5.41) is 4.12. The van der Waals surface area contributed by atoms with Crippen molar-refractivity contribution in [3.8, 4) is 0 Å². The molecule has 33 heavy (non-hydrogen) atoms. The van der Waals surface area contributed by atoms with E-state index in [-0.39, 0.29) is 11.8 Å². The van der Waals surface area contributed by atoms with E-state index in [9.17, 15) is 9.59 Å². The lowest BCUT2D eigenvalue weighted by Gasteiger charge is -2.38. The lowest BCUT2D eigenvalue weighted by molar-refractivity contribution is -0.114. The van der Waals surface area contributed by atoms with Gasteiger partial charge in [-0.15, -0.1) is 0 Å². The summed E-state index contributed by atoms with van der Waals surface area (Å²) in [6.45, 7) is 5.51. The number of allylic oxidation sites excluding steroid dienone is 5. The molecule has 0 aromatic heterocycles. The summed E-state index contributed by atoms with van der Waals surface area (Å²) in [7, 11) is 0. The maximum Gasteiger partial charge on any atom is 0.255 e. The Labute approximate surface area is 199 Å². The summed E-state index contributed by atoms with van der Waals surface area (Å²) in [6.07, 6.45) is 12.4. The first-order chi connectivity index (χ1) is 16.0. The molecular weight excluding hydrogens is 436 g/mol. The van der Waals surface area contributed by atoms with Crippen LogP contribution in [-0.4, -0.2) is 60.4 Å². The van der Waals surface area contributed by atoms with Crippen molar-refractivity contribution in [2.75, 3.05) is 37.6 Å². The maximum atomic E-state index is 13.2. The van der Waals surface area contributed by atoms with Crippen LogP contribution >= 0.6 is 11.6 Å². The van der Waals surface area contributed by atoms with Gasteiger partial charge in [-0.3, -0.25) is 9.59 Å². The highest BCUT2D eigenvalue weighted by Crippen LogP contribution is 2.33. The van der Waals surface area contributed by atoms with Crippen LogP contribution in [0.3, 0.4) is 0 Å². The molecule has 3 heterocycles. The molecule has 4 aliphatic rings. The van der Waals surface area contributed by atoms with Crippen molar-refractivity contribution in [2.45, 2.75) is 19.4 Å². The molecular formula is C26H27ClN4O2. The van der Waals surface area contributed by atoms with Crippen LogP contribution in [0.15, 0.2) is 82.7 Å². The Morgan fingerprint density at radius 3 is 2.73 bits per heavy atom. The van der Waals surface area contributed by atoms with Crippen LogP contribution in [0.5, 0.6) is 0 Å². The Kier molecular flexibility index (Phi) is 5.85. The first kappa shape index (κ1) is 21.6. The van der Waals surface area contributed by atoms with Gasteiger partial charge < -0.3 is 20.0 Å². The van der Waals surface area contributed by atoms with Gasteiger partial charge in [-0.05, 0) is 42.8 Å². The van der Waals surface area contributed by atoms with Crippen molar-refractivity contribution >= 4 is 29.1 Å². The number of dihydropyridines is 1. The second-order valence-corrected chi connectivity index (χ2v) is 9.23. The number of carbonyl (C=O) groups excluding carboxylic acids is 2. The number of halogens is 1. The number of amides is 2. The number of piperazine rings is 1. The second-order valence-electron chi connectivity index (χ2n) is 8.74. The normalized spacial score (nSPS) is 22.7. The summed E-state index contributed by atoms with van der Waals surface area (Å²) >= 11 is 6.21. The molecule has 1 aliphatic carbocycles. The van der Waals surface area contributed by atoms with Gasteiger partial charge in [-0.1, -0.05) is 42.0 Å². The van der Waals surface area contributed by atoms with E-state index in [1.54, 1.807) is 4.90 Å². The van der Waals surface area contributed by atoms with Crippen molar-refractivity contribution in [1.29, 1.82) is 0 Å². The molecule has 1 aromatic carbocycles. The van der Waals surface area contributed by atoms with Gasteiger partial charge in [-0.25, -0.2) is 0 Å². The van der Waals surface area contributed by atoms with Gasteiger partial charge in [0.1, 0.15) is 5.82 Å². The minimum atomic E-state index is -0.0437. The van der Waals surface area contributed by atoms with Gasteiger partial charge in [0.05, 0.1) is 6.54 Å². The number of nitrogens with zero attached hydrogens (tertiary/aromatic N) is 3. The molecule has 170 valence electrons. The van der Waals surface area contributed by atoms with Crippen LogP contribution in [0.1, 0.15) is 23.7 Å². The molecule has 1 aromatic rings. The van der Waals surface area contributed by atoms with Crippen LogP contribution < -0.4 is 10.2 Å². The minimum absolute atomic E-state index is 0.00221. The van der Waals surface area contributed by atoms with Crippen molar-refractivity contribution in [3.63, 3.8) is 0 Å². The third-order valence-corrected chi connectivity index (χ3v) is 6.74. The van der Waals surface area contributed by atoms with Crippen LogP contribution in [0.25, 0.3) is 0 Å². The molecule has 0 spiro atoms.